The summed E-state index contributed by atoms with van der Waals surface area (Å²) in [6, 6.07) is 14.3. The minimum atomic E-state index is -3.47. The van der Waals surface area contributed by atoms with Gasteiger partial charge in [0, 0.05) is 43.9 Å². The molecule has 3 heterocycles. The van der Waals surface area contributed by atoms with Gasteiger partial charge in [0.05, 0.1) is 16.1 Å². The van der Waals surface area contributed by atoms with E-state index in [9.17, 15) is 8.42 Å². The van der Waals surface area contributed by atoms with Crippen LogP contribution in [0.5, 0.6) is 0 Å². The van der Waals surface area contributed by atoms with Crippen LogP contribution >= 0.6 is 11.6 Å². The molecule has 1 fully saturated rings. The summed E-state index contributed by atoms with van der Waals surface area (Å²) in [6.07, 6.45) is 1.93. The van der Waals surface area contributed by atoms with Gasteiger partial charge in [-0.1, -0.05) is 17.7 Å². The molecule has 0 atom stereocenters. The highest BCUT2D eigenvalue weighted by Gasteiger charge is 2.28. The molecule has 0 saturated carbocycles. The molecule has 0 unspecified atom stereocenters. The molecule has 3 aromatic rings. The molecule has 4 rings (SSSR count). The Morgan fingerprint density at radius 2 is 1.73 bits per heavy atom. The maximum absolute atomic E-state index is 12.7. The van der Waals surface area contributed by atoms with E-state index in [1.165, 1.54) is 4.31 Å². The smallest absolute Gasteiger partial charge is 0.243 e. The van der Waals surface area contributed by atoms with Crippen molar-refractivity contribution in [2.75, 3.05) is 26.2 Å². The van der Waals surface area contributed by atoms with Crippen molar-refractivity contribution in [3.8, 4) is 0 Å². The molecule has 0 amide bonds. The number of rotatable bonds is 4. The Morgan fingerprint density at radius 1 is 1.00 bits per heavy atom. The first-order chi connectivity index (χ1) is 12.5. The van der Waals surface area contributed by atoms with E-state index in [2.05, 4.69) is 16.1 Å². The monoisotopic (exact) mass is 390 g/mol. The van der Waals surface area contributed by atoms with Gasteiger partial charge in [0.15, 0.2) is 0 Å². The van der Waals surface area contributed by atoms with Crippen LogP contribution in [0.4, 0.5) is 0 Å². The minimum Gasteiger partial charge on any atom is -0.295 e. The number of hydrogen-bond donors (Lipinski definition) is 0. The largest absolute Gasteiger partial charge is 0.295 e. The Kier molecular flexibility index (Phi) is 4.71. The fourth-order valence-corrected chi connectivity index (χ4v) is 4.73. The van der Waals surface area contributed by atoms with Crippen molar-refractivity contribution >= 4 is 27.1 Å². The highest BCUT2D eigenvalue weighted by Crippen LogP contribution is 2.20. The van der Waals surface area contributed by atoms with Crippen molar-refractivity contribution in [2.24, 2.45) is 0 Å². The van der Waals surface area contributed by atoms with E-state index in [4.69, 9.17) is 11.6 Å². The molecule has 0 spiro atoms. The van der Waals surface area contributed by atoms with Gasteiger partial charge in [-0.25, -0.2) is 12.9 Å². The first-order valence-electron chi connectivity index (χ1n) is 8.44. The van der Waals surface area contributed by atoms with Crippen LogP contribution in [0.25, 0.3) is 5.52 Å². The van der Waals surface area contributed by atoms with Crippen LogP contribution in [-0.2, 0) is 16.6 Å². The van der Waals surface area contributed by atoms with Crippen LogP contribution in [-0.4, -0.2) is 53.4 Å². The van der Waals surface area contributed by atoms with E-state index in [1.54, 1.807) is 24.3 Å². The van der Waals surface area contributed by atoms with Crippen molar-refractivity contribution in [1.82, 2.24) is 18.8 Å². The van der Waals surface area contributed by atoms with Crippen LogP contribution in [0.2, 0.25) is 5.02 Å². The standard InChI is InChI=1S/C18H19ClN4O2S/c19-15-4-6-18(7-5-15)26(24,25)22-11-9-21(10-12-22)14-16-13-17-3-1-2-8-23(17)20-16/h1-8,13H,9-12,14H2. The van der Waals surface area contributed by atoms with Crippen molar-refractivity contribution < 1.29 is 8.42 Å². The summed E-state index contributed by atoms with van der Waals surface area (Å²) in [6.45, 7) is 3.02. The van der Waals surface area contributed by atoms with E-state index in [0.29, 0.717) is 31.2 Å². The molecule has 6 nitrogen and oxygen atoms in total. The summed E-state index contributed by atoms with van der Waals surface area (Å²) in [4.78, 5) is 2.52. The number of fused-ring (bicyclic) bond motifs is 1. The van der Waals surface area contributed by atoms with Gasteiger partial charge in [-0.05, 0) is 42.5 Å². The topological polar surface area (TPSA) is 57.9 Å². The first-order valence-corrected chi connectivity index (χ1v) is 10.3. The lowest BCUT2D eigenvalue weighted by atomic mass is 10.3. The molecule has 8 heteroatoms. The molecule has 1 aromatic carbocycles. The summed E-state index contributed by atoms with van der Waals surface area (Å²) in [5.74, 6) is 0. The van der Waals surface area contributed by atoms with Gasteiger partial charge in [-0.3, -0.25) is 4.90 Å². The van der Waals surface area contributed by atoms with Crippen molar-refractivity contribution in [1.29, 1.82) is 0 Å². The van der Waals surface area contributed by atoms with Gasteiger partial charge in [0.1, 0.15) is 0 Å². The maximum atomic E-state index is 12.7. The van der Waals surface area contributed by atoms with Crippen LogP contribution in [0, 0.1) is 0 Å². The lowest BCUT2D eigenvalue weighted by Crippen LogP contribution is -2.48. The number of benzene rings is 1. The van der Waals surface area contributed by atoms with Gasteiger partial charge in [0.25, 0.3) is 0 Å². The third-order valence-electron chi connectivity index (χ3n) is 4.59. The molecule has 0 aliphatic carbocycles. The third-order valence-corrected chi connectivity index (χ3v) is 6.75. The summed E-state index contributed by atoms with van der Waals surface area (Å²) >= 11 is 5.85. The molecule has 26 heavy (non-hydrogen) atoms. The van der Waals surface area contributed by atoms with Gasteiger partial charge in [-0.15, -0.1) is 0 Å². The number of piperazine rings is 1. The molecule has 2 aromatic heterocycles. The molecule has 0 radical (unpaired) electrons. The zero-order valence-electron chi connectivity index (χ0n) is 14.1. The average Bonchev–Trinajstić information content (AvgIpc) is 3.05. The second-order valence-corrected chi connectivity index (χ2v) is 8.71. The van der Waals surface area contributed by atoms with Crippen LogP contribution in [0.3, 0.4) is 0 Å². The van der Waals surface area contributed by atoms with Crippen molar-refractivity contribution in [3.63, 3.8) is 0 Å². The molecule has 0 bridgehead atoms. The first kappa shape index (κ1) is 17.5. The highest BCUT2D eigenvalue weighted by molar-refractivity contribution is 7.89. The average molecular weight is 391 g/mol. The Balaban J connectivity index is 1.41. The van der Waals surface area contributed by atoms with E-state index in [-0.39, 0.29) is 4.90 Å². The van der Waals surface area contributed by atoms with Crippen LogP contribution in [0.15, 0.2) is 59.6 Å². The summed E-state index contributed by atoms with van der Waals surface area (Å²) < 4.78 is 28.9. The third kappa shape index (κ3) is 3.48. The zero-order valence-corrected chi connectivity index (χ0v) is 15.7. The Hall–Kier alpha value is -1.93. The fourth-order valence-electron chi connectivity index (χ4n) is 3.18. The molecule has 1 aliphatic rings. The number of sulfonamides is 1. The lowest BCUT2D eigenvalue weighted by molar-refractivity contribution is 0.180. The van der Waals surface area contributed by atoms with E-state index >= 15 is 0 Å². The second kappa shape index (κ2) is 7.00. The molecule has 136 valence electrons. The number of halogens is 1. The SMILES string of the molecule is O=S(=O)(c1ccc(Cl)cc1)N1CCN(Cc2cc3ccccn3n2)CC1. The number of pyridine rings is 1. The molecule has 1 saturated heterocycles. The van der Waals surface area contributed by atoms with E-state index < -0.39 is 10.0 Å². The normalized spacial score (nSPS) is 17.0. The summed E-state index contributed by atoms with van der Waals surface area (Å²) in [5.41, 5.74) is 2.05. The van der Waals surface area contributed by atoms with E-state index in [0.717, 1.165) is 17.8 Å². The number of hydrogen-bond acceptors (Lipinski definition) is 4. The van der Waals surface area contributed by atoms with Gasteiger partial charge >= 0.3 is 0 Å². The highest BCUT2D eigenvalue weighted by atomic mass is 35.5. The Labute approximate surface area is 157 Å². The zero-order chi connectivity index (χ0) is 18.1. The Morgan fingerprint density at radius 3 is 2.42 bits per heavy atom. The summed E-state index contributed by atoms with van der Waals surface area (Å²) in [5, 5.41) is 5.09. The quantitative estimate of drug-likeness (QED) is 0.686. The van der Waals surface area contributed by atoms with Gasteiger partial charge < -0.3 is 0 Å². The number of nitrogens with zero attached hydrogens (tertiary/aromatic N) is 4. The van der Waals surface area contributed by atoms with Crippen molar-refractivity contribution in [2.45, 2.75) is 11.4 Å². The lowest BCUT2D eigenvalue weighted by Gasteiger charge is -2.33. The minimum absolute atomic E-state index is 0.288. The summed E-state index contributed by atoms with van der Waals surface area (Å²) in [7, 11) is -3.47. The van der Waals surface area contributed by atoms with Crippen LogP contribution in [0.1, 0.15) is 5.69 Å². The molecule has 0 N–H and O–H groups in total. The maximum Gasteiger partial charge on any atom is 0.243 e. The fraction of sp³-hybridized carbons (Fsp3) is 0.278. The van der Waals surface area contributed by atoms with Crippen molar-refractivity contribution in [3.05, 3.63) is 65.4 Å². The number of aromatic nitrogens is 2. The van der Waals surface area contributed by atoms with E-state index in [1.807, 2.05) is 28.9 Å². The Bertz CT molecular complexity index is 976. The molecule has 1 aliphatic heterocycles. The van der Waals surface area contributed by atoms with Crippen LogP contribution < -0.4 is 0 Å². The molecular weight excluding hydrogens is 372 g/mol. The van der Waals surface area contributed by atoms with Gasteiger partial charge in [0.2, 0.25) is 10.0 Å². The second-order valence-electron chi connectivity index (χ2n) is 6.34. The molecular formula is C18H19ClN4O2S. The predicted molar refractivity (Wildman–Crippen MR) is 101 cm³/mol. The predicted octanol–water partition coefficient (Wildman–Crippen LogP) is 2.49. The van der Waals surface area contributed by atoms with Gasteiger partial charge in [-0.2, -0.15) is 9.40 Å².